The largest absolute Gasteiger partial charge is 0.490 e. The fourth-order valence-electron chi connectivity index (χ4n) is 7.26. The van der Waals surface area contributed by atoms with Crippen LogP contribution in [0.4, 0.5) is 5.82 Å². The molecule has 0 bridgehead atoms. The molecule has 3 aliphatic heterocycles. The molecule has 0 radical (unpaired) electrons. The number of carbonyl (C=O) groups excluding carboxylic acids is 4. The number of aromatic nitrogens is 4. The first-order valence-electron chi connectivity index (χ1n) is 18.7. The van der Waals surface area contributed by atoms with E-state index in [1.165, 1.54) is 6.07 Å². The van der Waals surface area contributed by atoms with Gasteiger partial charge in [-0.1, -0.05) is 41.2 Å². The standard InChI is InChI=1S/C40H38Cl2N8O7S/c1-23(35-28(41)21-43-22-29(35)42)57-25-6-7-30-27(19-25)37(47-46-30)24-5-9-33(44-20-24)48-11-13-49(14-12-48)58-18-17-55-15-16-56-32-4-2-3-26-36(32)40(54)50(39(26)53)31-8-10-34(51)45-38(31)52/h2-7,9,19-23,31H,8,10-18H2,1H3,(H,46,47)(H,45,51,52)/t23-,31?/m1/s1. The van der Waals surface area contributed by atoms with E-state index in [-0.39, 0.29) is 42.9 Å². The molecule has 300 valence electrons. The van der Waals surface area contributed by atoms with Crippen molar-refractivity contribution in [3.8, 4) is 22.8 Å². The number of pyridine rings is 2. The Labute approximate surface area is 347 Å². The summed E-state index contributed by atoms with van der Waals surface area (Å²) in [6.07, 6.45) is 4.69. The number of amides is 4. The highest BCUT2D eigenvalue weighted by atomic mass is 35.5. The summed E-state index contributed by atoms with van der Waals surface area (Å²) in [5.74, 6) is 0.313. The van der Waals surface area contributed by atoms with Crippen molar-refractivity contribution in [2.24, 2.45) is 0 Å². The first-order chi connectivity index (χ1) is 28.2. The lowest BCUT2D eigenvalue weighted by atomic mass is 10.0. The molecule has 8 rings (SSSR count). The fraction of sp³-hybridized carbons (Fsp3) is 0.325. The quantitative estimate of drug-likeness (QED) is 0.0789. The van der Waals surface area contributed by atoms with Crippen molar-refractivity contribution in [3.63, 3.8) is 0 Å². The Morgan fingerprint density at radius 2 is 1.74 bits per heavy atom. The molecule has 2 saturated heterocycles. The van der Waals surface area contributed by atoms with E-state index >= 15 is 0 Å². The van der Waals surface area contributed by atoms with Crippen molar-refractivity contribution < 1.29 is 33.4 Å². The van der Waals surface area contributed by atoms with Gasteiger partial charge in [0.25, 0.3) is 11.8 Å². The van der Waals surface area contributed by atoms with Gasteiger partial charge >= 0.3 is 0 Å². The average Bonchev–Trinajstić information content (AvgIpc) is 3.75. The van der Waals surface area contributed by atoms with E-state index in [1.807, 2.05) is 43.5 Å². The third-order valence-electron chi connectivity index (χ3n) is 10.1. The number of anilines is 1. The van der Waals surface area contributed by atoms with Crippen LogP contribution in [-0.4, -0.2) is 111 Å². The number of piperidine rings is 1. The van der Waals surface area contributed by atoms with E-state index in [0.29, 0.717) is 28.0 Å². The lowest BCUT2D eigenvalue weighted by molar-refractivity contribution is -0.136. The van der Waals surface area contributed by atoms with Gasteiger partial charge < -0.3 is 19.1 Å². The molecule has 0 aliphatic carbocycles. The molecule has 0 spiro atoms. The summed E-state index contributed by atoms with van der Waals surface area (Å²) >= 11 is 14.4. The molecule has 18 heteroatoms. The van der Waals surface area contributed by atoms with Gasteiger partial charge in [-0.15, -0.1) is 0 Å². The normalized spacial score (nSPS) is 17.8. The summed E-state index contributed by atoms with van der Waals surface area (Å²) in [5.41, 5.74) is 3.50. The molecule has 1 unspecified atom stereocenters. The summed E-state index contributed by atoms with van der Waals surface area (Å²) in [5, 5.41) is 11.7. The Bertz CT molecular complexity index is 2350. The highest BCUT2D eigenvalue weighted by Crippen LogP contribution is 2.36. The number of nitrogens with zero attached hydrogens (tertiary/aromatic N) is 6. The topological polar surface area (TPSA) is 172 Å². The highest BCUT2D eigenvalue weighted by Gasteiger charge is 2.46. The summed E-state index contributed by atoms with van der Waals surface area (Å²) in [7, 11) is 0. The molecular formula is C40H38Cl2N8O7S. The molecular weight excluding hydrogens is 807 g/mol. The Balaban J connectivity index is 0.767. The molecule has 58 heavy (non-hydrogen) atoms. The van der Waals surface area contributed by atoms with Crippen LogP contribution < -0.4 is 19.7 Å². The molecule has 3 aromatic heterocycles. The van der Waals surface area contributed by atoms with Crippen LogP contribution >= 0.6 is 35.1 Å². The van der Waals surface area contributed by atoms with E-state index in [0.717, 1.165) is 64.8 Å². The second kappa shape index (κ2) is 17.3. The van der Waals surface area contributed by atoms with E-state index in [2.05, 4.69) is 29.7 Å². The molecule has 2 atom stereocenters. The van der Waals surface area contributed by atoms with Crippen molar-refractivity contribution in [3.05, 3.63) is 93.9 Å². The van der Waals surface area contributed by atoms with Crippen LogP contribution in [-0.2, 0) is 14.3 Å². The van der Waals surface area contributed by atoms with E-state index in [1.54, 1.807) is 36.5 Å². The third kappa shape index (κ3) is 8.20. The van der Waals surface area contributed by atoms with Crippen LogP contribution in [0.2, 0.25) is 10.0 Å². The maximum atomic E-state index is 13.3. The number of benzene rings is 2. The minimum atomic E-state index is -1.03. The predicted octanol–water partition coefficient (Wildman–Crippen LogP) is 5.73. The molecule has 2 N–H and O–H groups in total. The van der Waals surface area contributed by atoms with Crippen LogP contribution in [0.15, 0.2) is 67.1 Å². The lowest BCUT2D eigenvalue weighted by Crippen LogP contribution is -2.54. The van der Waals surface area contributed by atoms with Crippen molar-refractivity contribution in [1.82, 2.24) is 34.7 Å². The lowest BCUT2D eigenvalue weighted by Gasteiger charge is -2.34. The summed E-state index contributed by atoms with van der Waals surface area (Å²) in [6.45, 7) is 6.24. The van der Waals surface area contributed by atoms with Crippen LogP contribution in [0.1, 0.15) is 52.1 Å². The number of halogens is 2. The minimum Gasteiger partial charge on any atom is -0.490 e. The number of rotatable bonds is 14. The number of carbonyl (C=O) groups is 4. The SMILES string of the molecule is C[C@@H](Oc1ccc2[nH]nc(-c3ccc(N4CCN(SCCOCCOc5cccc6c5C(=O)N(C5CCC(=O)NC5=O)C6=O)CC4)nc3)c2c1)c1c(Cl)cncc1Cl. The number of hydrogen-bond donors (Lipinski definition) is 2. The maximum absolute atomic E-state index is 13.3. The minimum absolute atomic E-state index is 0.0551. The monoisotopic (exact) mass is 844 g/mol. The van der Waals surface area contributed by atoms with Gasteiger partial charge in [0.05, 0.1) is 39.9 Å². The average molecular weight is 846 g/mol. The van der Waals surface area contributed by atoms with E-state index in [4.69, 9.17) is 42.4 Å². The van der Waals surface area contributed by atoms with Gasteiger partial charge in [-0.3, -0.25) is 39.5 Å². The van der Waals surface area contributed by atoms with Gasteiger partial charge in [-0.25, -0.2) is 9.29 Å². The van der Waals surface area contributed by atoms with Crippen molar-refractivity contribution in [2.45, 2.75) is 31.9 Å². The number of aromatic amines is 1. The van der Waals surface area contributed by atoms with E-state index in [9.17, 15) is 19.2 Å². The van der Waals surface area contributed by atoms with Crippen LogP contribution in [0, 0.1) is 0 Å². The van der Waals surface area contributed by atoms with Crippen molar-refractivity contribution in [1.29, 1.82) is 0 Å². The number of fused-ring (bicyclic) bond motifs is 2. The molecule has 2 aromatic carbocycles. The van der Waals surface area contributed by atoms with Gasteiger partial charge in [-0.05, 0) is 55.8 Å². The molecule has 4 amide bonds. The predicted molar refractivity (Wildman–Crippen MR) is 218 cm³/mol. The molecule has 3 aliphatic rings. The third-order valence-corrected chi connectivity index (χ3v) is 11.8. The molecule has 5 aromatic rings. The number of ether oxygens (including phenoxy) is 3. The zero-order valence-corrected chi connectivity index (χ0v) is 33.6. The molecule has 6 heterocycles. The van der Waals surface area contributed by atoms with Crippen LogP contribution in [0.25, 0.3) is 22.2 Å². The van der Waals surface area contributed by atoms with Gasteiger partial charge in [0.15, 0.2) is 0 Å². The summed E-state index contributed by atoms with van der Waals surface area (Å²) < 4.78 is 20.2. The number of imide groups is 2. The Hall–Kier alpha value is -5.26. The Kier molecular flexibility index (Phi) is 11.8. The zero-order valence-electron chi connectivity index (χ0n) is 31.3. The highest BCUT2D eigenvalue weighted by molar-refractivity contribution is 7.97. The molecule has 2 fully saturated rings. The Morgan fingerprint density at radius 3 is 2.50 bits per heavy atom. The first kappa shape index (κ1) is 39.6. The van der Waals surface area contributed by atoms with Crippen LogP contribution in [0.3, 0.4) is 0 Å². The van der Waals surface area contributed by atoms with Gasteiger partial charge in [-0.2, -0.15) is 5.10 Å². The number of H-pyrrole nitrogens is 1. The number of piperazine rings is 1. The second-order valence-corrected chi connectivity index (χ2v) is 15.8. The maximum Gasteiger partial charge on any atom is 0.266 e. The molecule has 0 saturated carbocycles. The molecule has 15 nitrogen and oxygen atoms in total. The summed E-state index contributed by atoms with van der Waals surface area (Å²) in [6, 6.07) is 13.6. The van der Waals surface area contributed by atoms with Gasteiger partial charge in [0.1, 0.15) is 41.8 Å². The van der Waals surface area contributed by atoms with Crippen molar-refractivity contribution >= 4 is 75.5 Å². The second-order valence-electron chi connectivity index (χ2n) is 13.8. The Morgan fingerprint density at radius 1 is 0.931 bits per heavy atom. The van der Waals surface area contributed by atoms with Gasteiger partial charge in [0.2, 0.25) is 11.8 Å². The van der Waals surface area contributed by atoms with Crippen LogP contribution in [0.5, 0.6) is 11.5 Å². The smallest absolute Gasteiger partial charge is 0.266 e. The first-order valence-corrected chi connectivity index (χ1v) is 20.4. The zero-order chi connectivity index (χ0) is 40.3. The van der Waals surface area contributed by atoms with Gasteiger partial charge in [0, 0.05) is 73.5 Å². The van der Waals surface area contributed by atoms with E-state index < -0.39 is 35.8 Å². The summed E-state index contributed by atoms with van der Waals surface area (Å²) in [4.78, 5) is 62.3. The number of nitrogens with one attached hydrogen (secondary N) is 2. The van der Waals surface area contributed by atoms with Crippen molar-refractivity contribution in [2.75, 3.05) is 56.7 Å². The number of hydrogen-bond acceptors (Lipinski definition) is 13. The fourth-order valence-corrected chi connectivity index (χ4v) is 8.80.